The van der Waals surface area contributed by atoms with E-state index in [-0.39, 0.29) is 6.54 Å². The van der Waals surface area contributed by atoms with Crippen molar-refractivity contribution in [2.75, 3.05) is 10.8 Å². The summed E-state index contributed by atoms with van der Waals surface area (Å²) in [4.78, 5) is 11.5. The first-order chi connectivity index (χ1) is 11.5. The second-order valence-electron chi connectivity index (χ2n) is 5.27. The smallest absolute Gasteiger partial charge is 0.260 e. The second-order valence-corrected chi connectivity index (χ2v) is 7.01. The van der Waals surface area contributed by atoms with Crippen LogP contribution in [0.5, 0.6) is 5.75 Å². The second kappa shape index (κ2) is 6.37. The van der Waals surface area contributed by atoms with Crippen LogP contribution in [0.1, 0.15) is 5.56 Å². The number of carbonyl (C=O) groups excluding carboxylic acids is 1. The fourth-order valence-electron chi connectivity index (χ4n) is 2.39. The van der Waals surface area contributed by atoms with Gasteiger partial charge < -0.3 is 10.5 Å². The van der Waals surface area contributed by atoms with Gasteiger partial charge in [-0.05, 0) is 23.8 Å². The van der Waals surface area contributed by atoms with Gasteiger partial charge in [0.2, 0.25) is 0 Å². The minimum Gasteiger partial charge on any atom is -0.476 e. The number of carbonyl (C=O) groups is 1. The van der Waals surface area contributed by atoms with E-state index in [0.717, 1.165) is 15.3 Å². The predicted molar refractivity (Wildman–Crippen MR) is 91.8 cm³/mol. The lowest BCUT2D eigenvalue weighted by Gasteiger charge is -2.33. The van der Waals surface area contributed by atoms with E-state index in [1.807, 2.05) is 18.2 Å². The Bertz CT molecular complexity index is 878. The van der Waals surface area contributed by atoms with Gasteiger partial charge in [0, 0.05) is 0 Å². The van der Waals surface area contributed by atoms with E-state index < -0.39 is 22.0 Å². The maximum Gasteiger partial charge on any atom is 0.260 e. The van der Waals surface area contributed by atoms with Gasteiger partial charge in [0.05, 0.1) is 17.6 Å². The van der Waals surface area contributed by atoms with Crippen LogP contribution < -0.4 is 14.8 Å². The van der Waals surface area contributed by atoms with Crippen molar-refractivity contribution in [1.82, 2.24) is 0 Å². The van der Waals surface area contributed by atoms with Crippen molar-refractivity contribution in [3.8, 4) is 5.75 Å². The molecule has 1 aliphatic rings. The highest BCUT2D eigenvalue weighted by atomic mass is 32.2. The molecule has 0 unspecified atom stereocenters. The Hall–Kier alpha value is -2.80. The first-order valence-electron chi connectivity index (χ1n) is 7.28. The van der Waals surface area contributed by atoms with Crippen LogP contribution in [0, 0.1) is 0 Å². The summed E-state index contributed by atoms with van der Waals surface area (Å²) in [6.45, 7) is -0.159. The van der Waals surface area contributed by atoms with Crippen LogP contribution in [0.2, 0.25) is 0 Å². The number of nitrogens with two attached hydrogens (primary N) is 1. The van der Waals surface area contributed by atoms with Crippen molar-refractivity contribution in [3.63, 3.8) is 0 Å². The summed E-state index contributed by atoms with van der Waals surface area (Å²) in [6, 6.07) is 15.7. The number of nitrogens with zero attached hydrogens (tertiary/aromatic N) is 1. The monoisotopic (exact) mass is 344 g/mol. The van der Waals surface area contributed by atoms with E-state index in [9.17, 15) is 13.2 Å². The highest BCUT2D eigenvalue weighted by Crippen LogP contribution is 2.35. The van der Waals surface area contributed by atoms with E-state index in [0.29, 0.717) is 11.4 Å². The number of hydrogen-bond acceptors (Lipinski definition) is 4. The molecule has 124 valence electrons. The van der Waals surface area contributed by atoms with Crippen molar-refractivity contribution >= 4 is 27.7 Å². The topological polar surface area (TPSA) is 89.7 Å². The van der Waals surface area contributed by atoms with Gasteiger partial charge in [-0.25, -0.2) is 8.42 Å². The van der Waals surface area contributed by atoms with Gasteiger partial charge in [-0.2, -0.15) is 0 Å². The lowest BCUT2D eigenvalue weighted by atomic mass is 10.2. The van der Waals surface area contributed by atoms with Crippen LogP contribution in [0.3, 0.4) is 0 Å². The maximum absolute atomic E-state index is 12.7. The van der Waals surface area contributed by atoms with Crippen molar-refractivity contribution in [2.45, 2.75) is 6.10 Å². The number of amides is 1. The van der Waals surface area contributed by atoms with Crippen molar-refractivity contribution in [1.29, 1.82) is 0 Å². The molecule has 2 aromatic carbocycles. The van der Waals surface area contributed by atoms with Crippen LogP contribution in [-0.2, 0) is 14.8 Å². The zero-order valence-corrected chi connectivity index (χ0v) is 13.5. The lowest BCUT2D eigenvalue weighted by Crippen LogP contribution is -2.48. The number of primary amides is 1. The molecule has 1 atom stereocenters. The van der Waals surface area contributed by atoms with E-state index in [1.165, 1.54) is 6.08 Å². The molecule has 24 heavy (non-hydrogen) atoms. The summed E-state index contributed by atoms with van der Waals surface area (Å²) >= 11 is 0. The Morgan fingerprint density at radius 2 is 1.79 bits per heavy atom. The largest absolute Gasteiger partial charge is 0.476 e. The minimum absolute atomic E-state index is 0.159. The summed E-state index contributed by atoms with van der Waals surface area (Å²) in [5.41, 5.74) is 6.43. The Morgan fingerprint density at radius 3 is 2.50 bits per heavy atom. The average Bonchev–Trinajstić information content (AvgIpc) is 2.60. The van der Waals surface area contributed by atoms with Crippen LogP contribution in [0.15, 0.2) is 60.0 Å². The zero-order chi connectivity index (χ0) is 17.2. The van der Waals surface area contributed by atoms with Crippen molar-refractivity contribution in [2.24, 2.45) is 5.73 Å². The van der Waals surface area contributed by atoms with Gasteiger partial charge >= 0.3 is 0 Å². The van der Waals surface area contributed by atoms with Crippen molar-refractivity contribution < 1.29 is 17.9 Å². The third kappa shape index (κ3) is 3.26. The van der Waals surface area contributed by atoms with E-state index in [2.05, 4.69) is 0 Å². The molecule has 0 saturated carbocycles. The molecule has 1 amide bonds. The minimum atomic E-state index is -3.80. The molecule has 6 nitrogen and oxygen atoms in total. The van der Waals surface area contributed by atoms with E-state index in [4.69, 9.17) is 10.5 Å². The third-order valence-electron chi connectivity index (χ3n) is 3.59. The summed E-state index contributed by atoms with van der Waals surface area (Å²) in [5, 5.41) is 1.11. The summed E-state index contributed by atoms with van der Waals surface area (Å²) in [7, 11) is -3.80. The molecule has 0 fully saturated rings. The molecule has 0 radical (unpaired) electrons. The van der Waals surface area contributed by atoms with Gasteiger partial charge in [-0.3, -0.25) is 9.10 Å². The number of benzene rings is 2. The number of anilines is 1. The first-order valence-corrected chi connectivity index (χ1v) is 8.78. The molecule has 3 rings (SSSR count). The SMILES string of the molecule is NC(=O)[C@@H]1CN(S(=O)(=O)/C=C/c2ccccc2)c2ccccc2O1. The van der Waals surface area contributed by atoms with Gasteiger partial charge in [-0.1, -0.05) is 42.5 Å². The number of sulfonamides is 1. The summed E-state index contributed by atoms with van der Waals surface area (Å²) < 4.78 is 32.1. The number of ether oxygens (including phenoxy) is 1. The highest BCUT2D eigenvalue weighted by Gasteiger charge is 2.34. The average molecular weight is 344 g/mol. The Labute approximate surface area is 140 Å². The number of hydrogen-bond donors (Lipinski definition) is 1. The molecule has 1 aliphatic heterocycles. The van der Waals surface area contributed by atoms with Gasteiger partial charge in [0.25, 0.3) is 15.9 Å². The normalized spacial score (nSPS) is 17.3. The van der Waals surface area contributed by atoms with Gasteiger partial charge in [0.1, 0.15) is 5.75 Å². The fourth-order valence-corrected chi connectivity index (χ4v) is 3.64. The molecule has 0 bridgehead atoms. The van der Waals surface area contributed by atoms with Crippen LogP contribution in [-0.4, -0.2) is 27.0 Å². The molecule has 0 spiro atoms. The Balaban J connectivity index is 1.97. The molecule has 1 heterocycles. The number of rotatable bonds is 4. The molecule has 7 heteroatoms. The lowest BCUT2D eigenvalue weighted by molar-refractivity contribution is -0.124. The molecule has 0 saturated heterocycles. The van der Waals surface area contributed by atoms with Crippen LogP contribution in [0.25, 0.3) is 6.08 Å². The standard InChI is InChI=1S/C17H16N2O4S/c18-17(20)16-12-19(14-8-4-5-9-15(14)23-16)24(21,22)11-10-13-6-2-1-3-7-13/h1-11,16H,12H2,(H2,18,20)/b11-10+/t16-/m0/s1. The van der Waals surface area contributed by atoms with Gasteiger partial charge in [-0.15, -0.1) is 0 Å². The number of para-hydroxylation sites is 2. The molecule has 2 N–H and O–H groups in total. The maximum atomic E-state index is 12.7. The molecular weight excluding hydrogens is 328 g/mol. The third-order valence-corrected chi connectivity index (χ3v) is 5.03. The molecule has 0 aromatic heterocycles. The first kappa shape index (κ1) is 16.1. The Kier molecular flexibility index (Phi) is 4.26. The van der Waals surface area contributed by atoms with E-state index >= 15 is 0 Å². The highest BCUT2D eigenvalue weighted by molar-refractivity contribution is 7.95. The molecular formula is C17H16N2O4S. The Morgan fingerprint density at radius 1 is 1.12 bits per heavy atom. The molecule has 0 aliphatic carbocycles. The van der Waals surface area contributed by atoms with Crippen LogP contribution >= 0.6 is 0 Å². The van der Waals surface area contributed by atoms with Crippen molar-refractivity contribution in [3.05, 3.63) is 65.6 Å². The zero-order valence-electron chi connectivity index (χ0n) is 12.7. The van der Waals surface area contributed by atoms with Crippen LogP contribution in [0.4, 0.5) is 5.69 Å². The summed E-state index contributed by atoms with van der Waals surface area (Å²) in [6.07, 6.45) is 0.479. The van der Waals surface area contributed by atoms with E-state index in [1.54, 1.807) is 36.4 Å². The van der Waals surface area contributed by atoms with Gasteiger partial charge in [0.15, 0.2) is 6.10 Å². The molecule has 2 aromatic rings. The fraction of sp³-hybridized carbons (Fsp3) is 0.118. The predicted octanol–water partition coefficient (Wildman–Crippen LogP) is 1.74. The summed E-state index contributed by atoms with van der Waals surface area (Å²) in [5.74, 6) is -0.402. The number of fused-ring (bicyclic) bond motifs is 1. The quantitative estimate of drug-likeness (QED) is 0.915.